The van der Waals surface area contributed by atoms with E-state index in [1.165, 1.54) is 4.90 Å². The largest absolute Gasteiger partial charge is 0.489 e. The number of primary amides is 1. The van der Waals surface area contributed by atoms with Crippen molar-refractivity contribution >= 4 is 23.8 Å². The number of likely N-dealkylation sites (tertiary alicyclic amines) is 1. The molecule has 2 aromatic carbocycles. The molecule has 0 saturated carbocycles. The summed E-state index contributed by atoms with van der Waals surface area (Å²) in [6.45, 7) is 5.67. The van der Waals surface area contributed by atoms with E-state index in [2.05, 4.69) is 10.6 Å². The average molecular weight is 525 g/mol. The molecule has 3 rings (SSSR count). The number of carbonyl (C=O) groups excluding carboxylic acids is 4. The molecule has 0 aromatic heterocycles. The van der Waals surface area contributed by atoms with Gasteiger partial charge in [-0.25, -0.2) is 4.79 Å². The van der Waals surface area contributed by atoms with Gasteiger partial charge in [0.05, 0.1) is 6.54 Å². The van der Waals surface area contributed by atoms with Crippen LogP contribution in [0.4, 0.5) is 4.79 Å². The molecule has 10 nitrogen and oxygen atoms in total. The second kappa shape index (κ2) is 12.9. The highest BCUT2D eigenvalue weighted by Crippen LogP contribution is 2.21. The summed E-state index contributed by atoms with van der Waals surface area (Å²) in [7, 11) is 0. The summed E-state index contributed by atoms with van der Waals surface area (Å²) in [6.07, 6.45) is 0.520. The molecule has 1 fully saturated rings. The van der Waals surface area contributed by atoms with Crippen molar-refractivity contribution in [2.75, 3.05) is 13.1 Å². The molecule has 1 aliphatic rings. The molecule has 2 atom stereocenters. The van der Waals surface area contributed by atoms with Crippen LogP contribution in [0.3, 0.4) is 0 Å². The van der Waals surface area contributed by atoms with Crippen LogP contribution in [0.1, 0.15) is 44.7 Å². The maximum Gasteiger partial charge on any atom is 0.408 e. The molecule has 204 valence electrons. The third-order valence-corrected chi connectivity index (χ3v) is 5.88. The number of nitrogens with one attached hydrogen (secondary N) is 2. The van der Waals surface area contributed by atoms with Crippen LogP contribution in [-0.4, -0.2) is 59.5 Å². The third kappa shape index (κ3) is 8.79. The lowest BCUT2D eigenvalue weighted by atomic mass is 10.0. The van der Waals surface area contributed by atoms with Gasteiger partial charge in [-0.05, 0) is 56.9 Å². The first-order valence-corrected chi connectivity index (χ1v) is 12.6. The smallest absolute Gasteiger partial charge is 0.408 e. The first-order chi connectivity index (χ1) is 18.0. The monoisotopic (exact) mass is 524 g/mol. The molecule has 2 aromatic rings. The molecule has 4 N–H and O–H groups in total. The molecule has 0 radical (unpaired) electrons. The van der Waals surface area contributed by atoms with Crippen molar-refractivity contribution in [3.05, 3.63) is 65.7 Å². The Balaban J connectivity index is 1.71. The zero-order valence-corrected chi connectivity index (χ0v) is 22.1. The second-order valence-electron chi connectivity index (χ2n) is 10.2. The van der Waals surface area contributed by atoms with Gasteiger partial charge in [-0.1, -0.05) is 42.5 Å². The fourth-order valence-electron chi connectivity index (χ4n) is 4.14. The fraction of sp³-hybridized carbons (Fsp3) is 0.429. The number of rotatable bonds is 10. The Kier molecular flexibility index (Phi) is 9.70. The van der Waals surface area contributed by atoms with E-state index < -0.39 is 41.5 Å². The molecule has 4 amide bonds. The standard InChI is InChI=1S/C28H36N4O6/c1-28(2,3)38-27(36)31-22(26(35)32-15-7-10-23(32)25(34)30-17-24(29)33)16-19-11-13-21(14-12-19)37-18-20-8-5-4-6-9-20/h4-6,8-9,11-14,22-23H,7,10,15-18H2,1-3H3,(H2,29,33)(H,30,34)(H,31,36)/t22-,23+/m0/s1. The van der Waals surface area contributed by atoms with E-state index in [9.17, 15) is 19.2 Å². The summed E-state index contributed by atoms with van der Waals surface area (Å²) in [5.41, 5.74) is 6.22. The predicted octanol–water partition coefficient (Wildman–Crippen LogP) is 2.29. The summed E-state index contributed by atoms with van der Waals surface area (Å²) in [4.78, 5) is 51.3. The summed E-state index contributed by atoms with van der Waals surface area (Å²) < 4.78 is 11.2. The average Bonchev–Trinajstić information content (AvgIpc) is 3.35. The molecule has 0 spiro atoms. The van der Waals surface area contributed by atoms with Crippen LogP contribution in [0, 0.1) is 0 Å². The van der Waals surface area contributed by atoms with Crippen LogP contribution in [0.2, 0.25) is 0 Å². The molecule has 0 bridgehead atoms. The third-order valence-electron chi connectivity index (χ3n) is 5.88. The van der Waals surface area contributed by atoms with Crippen molar-refractivity contribution in [1.82, 2.24) is 15.5 Å². The summed E-state index contributed by atoms with van der Waals surface area (Å²) in [5.74, 6) is -0.858. The van der Waals surface area contributed by atoms with E-state index >= 15 is 0 Å². The van der Waals surface area contributed by atoms with Gasteiger partial charge in [0.25, 0.3) is 0 Å². The van der Waals surface area contributed by atoms with E-state index in [-0.39, 0.29) is 13.0 Å². The van der Waals surface area contributed by atoms with Crippen LogP contribution >= 0.6 is 0 Å². The quantitative estimate of drug-likeness (QED) is 0.436. The van der Waals surface area contributed by atoms with Crippen molar-refractivity contribution in [3.8, 4) is 5.75 Å². The van der Waals surface area contributed by atoms with Crippen LogP contribution < -0.4 is 21.1 Å². The molecule has 38 heavy (non-hydrogen) atoms. The van der Waals surface area contributed by atoms with Gasteiger partial charge in [-0.3, -0.25) is 14.4 Å². The van der Waals surface area contributed by atoms with E-state index in [4.69, 9.17) is 15.2 Å². The van der Waals surface area contributed by atoms with Gasteiger partial charge in [0, 0.05) is 13.0 Å². The van der Waals surface area contributed by atoms with Gasteiger partial charge in [0.1, 0.15) is 30.0 Å². The van der Waals surface area contributed by atoms with Gasteiger partial charge < -0.3 is 30.7 Å². The zero-order valence-electron chi connectivity index (χ0n) is 22.1. The number of benzene rings is 2. The van der Waals surface area contributed by atoms with Gasteiger partial charge in [-0.2, -0.15) is 0 Å². The first-order valence-electron chi connectivity index (χ1n) is 12.6. The highest BCUT2D eigenvalue weighted by atomic mass is 16.6. The molecular weight excluding hydrogens is 488 g/mol. The van der Waals surface area contributed by atoms with Crippen LogP contribution in [0.5, 0.6) is 5.75 Å². The topological polar surface area (TPSA) is 140 Å². The number of amides is 4. The number of alkyl carbamates (subject to hydrolysis) is 1. The SMILES string of the molecule is CC(C)(C)OC(=O)N[C@@H](Cc1ccc(OCc2ccccc2)cc1)C(=O)N1CCC[C@@H]1C(=O)NCC(N)=O. The lowest BCUT2D eigenvalue weighted by Crippen LogP contribution is -2.55. The Bertz CT molecular complexity index is 1110. The van der Waals surface area contributed by atoms with E-state index in [0.717, 1.165) is 11.1 Å². The molecule has 0 unspecified atom stereocenters. The minimum absolute atomic E-state index is 0.184. The van der Waals surface area contributed by atoms with Crippen molar-refractivity contribution in [3.63, 3.8) is 0 Å². The highest BCUT2D eigenvalue weighted by Gasteiger charge is 2.38. The zero-order chi connectivity index (χ0) is 27.7. The maximum atomic E-state index is 13.6. The highest BCUT2D eigenvalue weighted by molar-refractivity contribution is 5.93. The normalized spacial score (nSPS) is 15.9. The summed E-state index contributed by atoms with van der Waals surface area (Å²) >= 11 is 0. The van der Waals surface area contributed by atoms with Crippen molar-refractivity contribution in [2.24, 2.45) is 5.73 Å². The number of nitrogens with two attached hydrogens (primary N) is 1. The lowest BCUT2D eigenvalue weighted by Gasteiger charge is -2.29. The summed E-state index contributed by atoms with van der Waals surface area (Å²) in [6, 6.07) is 15.4. The van der Waals surface area contributed by atoms with Gasteiger partial charge in [-0.15, -0.1) is 0 Å². The molecule has 1 heterocycles. The maximum absolute atomic E-state index is 13.6. The number of ether oxygens (including phenoxy) is 2. The number of hydrogen-bond acceptors (Lipinski definition) is 6. The molecule has 0 aliphatic carbocycles. The number of carbonyl (C=O) groups is 4. The molecular formula is C28H36N4O6. The fourth-order valence-corrected chi connectivity index (χ4v) is 4.14. The van der Waals surface area contributed by atoms with Crippen LogP contribution in [0.25, 0.3) is 0 Å². The van der Waals surface area contributed by atoms with Gasteiger partial charge >= 0.3 is 6.09 Å². The molecule has 10 heteroatoms. The minimum Gasteiger partial charge on any atom is -0.489 e. The van der Waals surface area contributed by atoms with Gasteiger partial charge in [0.15, 0.2) is 0 Å². The van der Waals surface area contributed by atoms with Crippen LogP contribution in [0.15, 0.2) is 54.6 Å². The number of hydrogen-bond donors (Lipinski definition) is 3. The Hall–Kier alpha value is -4.08. The van der Waals surface area contributed by atoms with E-state index in [1.807, 2.05) is 54.6 Å². The Morgan fingerprint density at radius 1 is 1.03 bits per heavy atom. The van der Waals surface area contributed by atoms with Crippen molar-refractivity contribution < 1.29 is 28.7 Å². The van der Waals surface area contributed by atoms with Crippen molar-refractivity contribution in [2.45, 2.75) is 64.3 Å². The van der Waals surface area contributed by atoms with E-state index in [1.54, 1.807) is 20.8 Å². The van der Waals surface area contributed by atoms with E-state index in [0.29, 0.717) is 31.7 Å². The Morgan fingerprint density at radius 3 is 2.34 bits per heavy atom. The Labute approximate surface area is 222 Å². The lowest BCUT2D eigenvalue weighted by molar-refractivity contribution is -0.140. The minimum atomic E-state index is -0.967. The van der Waals surface area contributed by atoms with Crippen LogP contribution in [-0.2, 0) is 32.1 Å². The van der Waals surface area contributed by atoms with Gasteiger partial charge in [0.2, 0.25) is 17.7 Å². The van der Waals surface area contributed by atoms with Crippen molar-refractivity contribution in [1.29, 1.82) is 0 Å². The predicted molar refractivity (Wildman–Crippen MR) is 141 cm³/mol. The molecule has 1 aliphatic heterocycles. The second-order valence-corrected chi connectivity index (χ2v) is 10.2. The molecule has 1 saturated heterocycles. The Morgan fingerprint density at radius 2 is 1.71 bits per heavy atom. The number of nitrogens with zero attached hydrogens (tertiary/aromatic N) is 1. The summed E-state index contributed by atoms with van der Waals surface area (Å²) in [5, 5.41) is 5.15. The first kappa shape index (κ1) is 28.5.